The molecule has 0 bridgehead atoms. The molecule has 0 spiro atoms. The Bertz CT molecular complexity index is 1200. The SMILES string of the molecule is Cc1[nH]n(-c2ccc(Cl)c(C(=O)O)c2)c(=O)c1C=C1C=Nc2ccccc21. The van der Waals surface area contributed by atoms with E-state index in [0.29, 0.717) is 16.9 Å². The average molecular weight is 380 g/mol. The van der Waals surface area contributed by atoms with Crippen LogP contribution in [0.3, 0.4) is 0 Å². The van der Waals surface area contributed by atoms with Crippen LogP contribution in [0.4, 0.5) is 5.69 Å². The van der Waals surface area contributed by atoms with Crippen molar-refractivity contribution in [1.29, 1.82) is 0 Å². The first kappa shape index (κ1) is 17.1. The van der Waals surface area contributed by atoms with Crippen LogP contribution in [0, 0.1) is 6.92 Å². The van der Waals surface area contributed by atoms with Crippen LogP contribution in [0.1, 0.15) is 27.2 Å². The van der Waals surface area contributed by atoms with Crippen molar-refractivity contribution in [3.8, 4) is 5.69 Å². The van der Waals surface area contributed by atoms with Gasteiger partial charge >= 0.3 is 5.97 Å². The summed E-state index contributed by atoms with van der Waals surface area (Å²) in [5.41, 5.74) is 3.87. The summed E-state index contributed by atoms with van der Waals surface area (Å²) in [6.45, 7) is 1.79. The van der Waals surface area contributed by atoms with Crippen LogP contribution in [0.25, 0.3) is 17.3 Å². The molecule has 1 aliphatic rings. The fraction of sp³-hybridized carbons (Fsp3) is 0.0500. The minimum absolute atomic E-state index is 0.0647. The largest absolute Gasteiger partial charge is 0.478 e. The molecule has 0 amide bonds. The summed E-state index contributed by atoms with van der Waals surface area (Å²) in [6, 6.07) is 12.1. The number of halogens is 1. The summed E-state index contributed by atoms with van der Waals surface area (Å²) in [6.07, 6.45) is 3.51. The van der Waals surface area contributed by atoms with Crippen LogP contribution < -0.4 is 5.56 Å². The lowest BCUT2D eigenvalue weighted by Gasteiger charge is -2.04. The second-order valence-corrected chi connectivity index (χ2v) is 6.54. The average Bonchev–Trinajstić information content (AvgIpc) is 3.18. The molecule has 0 saturated carbocycles. The summed E-state index contributed by atoms with van der Waals surface area (Å²) in [5.74, 6) is -1.15. The number of allylic oxidation sites excluding steroid dienone is 1. The summed E-state index contributed by atoms with van der Waals surface area (Å²) < 4.78 is 1.31. The molecule has 0 aliphatic carbocycles. The molecule has 6 nitrogen and oxygen atoms in total. The maximum Gasteiger partial charge on any atom is 0.337 e. The molecule has 0 fully saturated rings. The number of aromatic carboxylic acids is 1. The standard InChI is InChI=1S/C20H14ClN3O3/c1-11-15(8-12-10-22-18-5-3-2-4-14(12)18)19(25)24(23-11)13-6-7-17(21)16(9-13)20(26)27/h2-10,23H,1H3,(H,26,27). The van der Waals surface area contributed by atoms with Gasteiger partial charge in [-0.3, -0.25) is 14.9 Å². The third-order valence-electron chi connectivity index (χ3n) is 4.41. The van der Waals surface area contributed by atoms with Crippen LogP contribution in [0.15, 0.2) is 52.3 Å². The number of hydrogen-bond donors (Lipinski definition) is 2. The lowest BCUT2D eigenvalue weighted by Crippen LogP contribution is -2.16. The van der Waals surface area contributed by atoms with E-state index in [2.05, 4.69) is 10.1 Å². The number of carboxylic acid groups (broad SMARTS) is 1. The molecule has 1 aromatic heterocycles. The fourth-order valence-electron chi connectivity index (χ4n) is 3.04. The number of carbonyl (C=O) groups is 1. The number of aromatic nitrogens is 2. The van der Waals surface area contributed by atoms with Gasteiger partial charge in [0.1, 0.15) is 0 Å². The molecule has 7 heteroatoms. The Labute approximate surface area is 159 Å². The molecular weight excluding hydrogens is 366 g/mol. The monoisotopic (exact) mass is 379 g/mol. The first-order chi connectivity index (χ1) is 13.0. The molecule has 3 aromatic rings. The van der Waals surface area contributed by atoms with Crippen LogP contribution in [-0.4, -0.2) is 27.1 Å². The van der Waals surface area contributed by atoms with Crippen molar-refractivity contribution >= 4 is 41.1 Å². The molecule has 0 saturated heterocycles. The zero-order valence-corrected chi connectivity index (χ0v) is 15.0. The third-order valence-corrected chi connectivity index (χ3v) is 4.74. The highest BCUT2D eigenvalue weighted by Crippen LogP contribution is 2.32. The third kappa shape index (κ3) is 2.90. The van der Waals surface area contributed by atoms with Gasteiger partial charge < -0.3 is 5.11 Å². The number of para-hydroxylation sites is 1. The van der Waals surface area contributed by atoms with E-state index in [1.165, 1.54) is 16.8 Å². The Morgan fingerprint density at radius 3 is 2.81 bits per heavy atom. The number of nitrogens with one attached hydrogen (secondary N) is 1. The zero-order valence-electron chi connectivity index (χ0n) is 14.2. The number of aryl methyl sites for hydroxylation is 1. The van der Waals surface area contributed by atoms with Gasteiger partial charge in [-0.05, 0) is 37.3 Å². The Balaban J connectivity index is 1.82. The molecule has 0 atom stereocenters. The quantitative estimate of drug-likeness (QED) is 0.718. The van der Waals surface area contributed by atoms with Crippen LogP contribution in [0.2, 0.25) is 5.02 Å². The highest BCUT2D eigenvalue weighted by Gasteiger charge is 2.17. The Morgan fingerprint density at radius 2 is 2.04 bits per heavy atom. The predicted molar refractivity (Wildman–Crippen MR) is 106 cm³/mol. The molecule has 134 valence electrons. The van der Waals surface area contributed by atoms with Crippen molar-refractivity contribution in [2.75, 3.05) is 0 Å². The number of aliphatic imine (C=N–C) groups is 1. The number of H-pyrrole nitrogens is 1. The molecule has 0 unspecified atom stereocenters. The van der Waals surface area contributed by atoms with Crippen molar-refractivity contribution < 1.29 is 9.90 Å². The molecule has 0 radical (unpaired) electrons. The first-order valence-electron chi connectivity index (χ1n) is 8.15. The minimum atomic E-state index is -1.15. The summed E-state index contributed by atoms with van der Waals surface area (Å²) in [7, 11) is 0. The summed E-state index contributed by atoms with van der Waals surface area (Å²) in [4.78, 5) is 28.6. The first-order valence-corrected chi connectivity index (χ1v) is 8.53. The van der Waals surface area contributed by atoms with Gasteiger partial charge in [0.05, 0.1) is 27.5 Å². The van der Waals surface area contributed by atoms with E-state index >= 15 is 0 Å². The van der Waals surface area contributed by atoms with Gasteiger partial charge in [-0.25, -0.2) is 9.48 Å². The van der Waals surface area contributed by atoms with E-state index in [1.807, 2.05) is 24.3 Å². The number of aromatic amines is 1. The van der Waals surface area contributed by atoms with Gasteiger partial charge in [-0.1, -0.05) is 29.8 Å². The maximum atomic E-state index is 12.9. The molecule has 4 rings (SSSR count). The minimum Gasteiger partial charge on any atom is -0.478 e. The topological polar surface area (TPSA) is 87.5 Å². The van der Waals surface area contributed by atoms with Crippen molar-refractivity contribution in [3.05, 3.63) is 80.2 Å². The van der Waals surface area contributed by atoms with Crippen LogP contribution in [-0.2, 0) is 0 Å². The van der Waals surface area contributed by atoms with Crippen molar-refractivity contribution in [2.24, 2.45) is 4.99 Å². The molecule has 1 aliphatic heterocycles. The van der Waals surface area contributed by atoms with E-state index in [4.69, 9.17) is 11.6 Å². The van der Waals surface area contributed by atoms with Gasteiger partial charge in [-0.2, -0.15) is 0 Å². The van der Waals surface area contributed by atoms with Gasteiger partial charge in [0.25, 0.3) is 5.56 Å². The molecule has 2 aromatic carbocycles. The summed E-state index contributed by atoms with van der Waals surface area (Å²) in [5, 5.41) is 12.3. The van der Waals surface area contributed by atoms with Gasteiger partial charge in [0.2, 0.25) is 0 Å². The van der Waals surface area contributed by atoms with Crippen molar-refractivity contribution in [2.45, 2.75) is 6.92 Å². The lowest BCUT2D eigenvalue weighted by atomic mass is 10.0. The van der Waals surface area contributed by atoms with Gasteiger partial charge in [0, 0.05) is 23.0 Å². The van der Waals surface area contributed by atoms with E-state index in [-0.39, 0.29) is 16.1 Å². The highest BCUT2D eigenvalue weighted by atomic mass is 35.5. The van der Waals surface area contributed by atoms with Crippen molar-refractivity contribution in [1.82, 2.24) is 9.78 Å². The van der Waals surface area contributed by atoms with Crippen LogP contribution >= 0.6 is 11.6 Å². The molecule has 27 heavy (non-hydrogen) atoms. The van der Waals surface area contributed by atoms with E-state index in [1.54, 1.807) is 25.3 Å². The fourth-order valence-corrected chi connectivity index (χ4v) is 3.24. The molecule has 2 heterocycles. The molecule has 2 N–H and O–H groups in total. The predicted octanol–water partition coefficient (Wildman–Crippen LogP) is 4.08. The number of benzene rings is 2. The second kappa shape index (κ2) is 6.41. The van der Waals surface area contributed by atoms with E-state index in [0.717, 1.165) is 16.8 Å². The van der Waals surface area contributed by atoms with E-state index < -0.39 is 5.97 Å². The maximum absolute atomic E-state index is 12.9. The number of hydrogen-bond acceptors (Lipinski definition) is 3. The van der Waals surface area contributed by atoms with Gasteiger partial charge in [-0.15, -0.1) is 0 Å². The van der Waals surface area contributed by atoms with Crippen LogP contribution in [0.5, 0.6) is 0 Å². The van der Waals surface area contributed by atoms with Crippen molar-refractivity contribution in [3.63, 3.8) is 0 Å². The Hall–Kier alpha value is -3.38. The number of rotatable bonds is 3. The normalized spacial score (nSPS) is 13.9. The lowest BCUT2D eigenvalue weighted by molar-refractivity contribution is 0.0697. The number of fused-ring (bicyclic) bond motifs is 1. The zero-order chi connectivity index (χ0) is 19.1. The Kier molecular flexibility index (Phi) is 4.05. The van der Waals surface area contributed by atoms with Gasteiger partial charge in [0.15, 0.2) is 0 Å². The second-order valence-electron chi connectivity index (χ2n) is 6.14. The number of nitrogens with zero attached hydrogens (tertiary/aromatic N) is 2. The highest BCUT2D eigenvalue weighted by molar-refractivity contribution is 6.33. The smallest absolute Gasteiger partial charge is 0.337 e. The Morgan fingerprint density at radius 1 is 1.26 bits per heavy atom. The molecular formula is C20H14ClN3O3. The number of carboxylic acids is 1. The van der Waals surface area contributed by atoms with E-state index in [9.17, 15) is 14.7 Å². The summed E-state index contributed by atoms with van der Waals surface area (Å²) >= 11 is 5.91.